The molecule has 0 atom stereocenters. The SMILES string of the molecule is CCC(CC)NC(=O)CSc1ccc(N)cc1Cl. The minimum Gasteiger partial charge on any atom is -0.399 e. The van der Waals surface area contributed by atoms with E-state index in [2.05, 4.69) is 19.2 Å². The van der Waals surface area contributed by atoms with Gasteiger partial charge in [0.05, 0.1) is 10.8 Å². The Morgan fingerprint density at radius 1 is 1.44 bits per heavy atom. The number of anilines is 1. The van der Waals surface area contributed by atoms with E-state index >= 15 is 0 Å². The van der Waals surface area contributed by atoms with Gasteiger partial charge < -0.3 is 11.1 Å². The van der Waals surface area contributed by atoms with Crippen LogP contribution in [0.5, 0.6) is 0 Å². The Morgan fingerprint density at radius 2 is 2.11 bits per heavy atom. The first-order chi connectivity index (χ1) is 8.56. The molecular weight excluding hydrogens is 268 g/mol. The molecule has 1 amide bonds. The molecule has 1 rings (SSSR count). The third-order valence-corrected chi connectivity index (χ3v) is 4.16. The zero-order valence-corrected chi connectivity index (χ0v) is 12.3. The number of benzene rings is 1. The summed E-state index contributed by atoms with van der Waals surface area (Å²) in [6.45, 7) is 4.14. The zero-order valence-electron chi connectivity index (χ0n) is 10.7. The topological polar surface area (TPSA) is 55.1 Å². The molecule has 5 heteroatoms. The minimum atomic E-state index is 0.0431. The van der Waals surface area contributed by atoms with Crippen molar-refractivity contribution in [3.63, 3.8) is 0 Å². The van der Waals surface area contributed by atoms with Crippen LogP contribution in [-0.2, 0) is 4.79 Å². The molecule has 1 aromatic carbocycles. The van der Waals surface area contributed by atoms with Gasteiger partial charge in [-0.25, -0.2) is 0 Å². The Bertz CT molecular complexity index is 408. The van der Waals surface area contributed by atoms with Crippen LogP contribution in [0.15, 0.2) is 23.1 Å². The third kappa shape index (κ3) is 4.78. The molecule has 0 aromatic heterocycles. The number of halogens is 1. The fourth-order valence-electron chi connectivity index (χ4n) is 1.54. The standard InChI is InChI=1S/C13H19ClN2OS/c1-3-10(4-2)16-13(17)8-18-12-6-5-9(15)7-11(12)14/h5-7,10H,3-4,8,15H2,1-2H3,(H,16,17). The summed E-state index contributed by atoms with van der Waals surface area (Å²) in [6, 6.07) is 5.59. The highest BCUT2D eigenvalue weighted by Gasteiger charge is 2.09. The molecule has 0 radical (unpaired) electrons. The maximum absolute atomic E-state index is 11.7. The number of nitrogens with two attached hydrogens (primary N) is 1. The van der Waals surface area contributed by atoms with Crippen LogP contribution in [0.3, 0.4) is 0 Å². The van der Waals surface area contributed by atoms with Gasteiger partial charge in [-0.15, -0.1) is 11.8 Å². The summed E-state index contributed by atoms with van der Waals surface area (Å²) in [4.78, 5) is 12.6. The summed E-state index contributed by atoms with van der Waals surface area (Å²) in [5.74, 6) is 0.418. The van der Waals surface area contributed by atoms with Gasteiger partial charge in [0, 0.05) is 16.6 Å². The van der Waals surface area contributed by atoms with Crippen LogP contribution in [0.2, 0.25) is 5.02 Å². The molecule has 3 N–H and O–H groups in total. The van der Waals surface area contributed by atoms with Crippen LogP contribution >= 0.6 is 23.4 Å². The molecular formula is C13H19ClN2OS. The van der Waals surface area contributed by atoms with Crippen molar-refractivity contribution in [1.82, 2.24) is 5.32 Å². The lowest BCUT2D eigenvalue weighted by atomic mass is 10.2. The second-order valence-electron chi connectivity index (χ2n) is 4.06. The molecule has 0 saturated carbocycles. The largest absolute Gasteiger partial charge is 0.399 e. The molecule has 0 spiro atoms. The maximum Gasteiger partial charge on any atom is 0.230 e. The van der Waals surface area contributed by atoms with Gasteiger partial charge in [-0.3, -0.25) is 4.79 Å². The first-order valence-electron chi connectivity index (χ1n) is 6.04. The Morgan fingerprint density at radius 3 is 2.67 bits per heavy atom. The number of nitrogens with one attached hydrogen (secondary N) is 1. The van der Waals surface area contributed by atoms with E-state index < -0.39 is 0 Å². The quantitative estimate of drug-likeness (QED) is 0.623. The molecule has 0 aliphatic rings. The summed E-state index contributed by atoms with van der Waals surface area (Å²) in [6.07, 6.45) is 1.91. The number of carbonyl (C=O) groups excluding carboxylic acids is 1. The van der Waals surface area contributed by atoms with Crippen LogP contribution in [0, 0.1) is 0 Å². The highest BCUT2D eigenvalue weighted by molar-refractivity contribution is 8.00. The number of hydrogen-bond acceptors (Lipinski definition) is 3. The number of thioether (sulfide) groups is 1. The second-order valence-corrected chi connectivity index (χ2v) is 5.48. The lowest BCUT2D eigenvalue weighted by Gasteiger charge is -2.14. The summed E-state index contributed by atoms with van der Waals surface area (Å²) in [5, 5.41) is 3.58. The number of amides is 1. The van der Waals surface area contributed by atoms with E-state index in [1.54, 1.807) is 12.1 Å². The van der Waals surface area contributed by atoms with Gasteiger partial charge >= 0.3 is 0 Å². The Kier molecular flexibility index (Phi) is 6.36. The van der Waals surface area contributed by atoms with E-state index in [0.29, 0.717) is 16.5 Å². The number of hydrogen-bond donors (Lipinski definition) is 2. The number of nitrogen functional groups attached to an aromatic ring is 1. The van der Waals surface area contributed by atoms with Crippen LogP contribution in [0.1, 0.15) is 26.7 Å². The molecule has 3 nitrogen and oxygen atoms in total. The fourth-order valence-corrected chi connectivity index (χ4v) is 2.62. The number of carbonyl (C=O) groups is 1. The summed E-state index contributed by atoms with van der Waals surface area (Å²) >= 11 is 7.47. The normalized spacial score (nSPS) is 10.7. The predicted octanol–water partition coefficient (Wildman–Crippen LogP) is 3.32. The van der Waals surface area contributed by atoms with Crippen molar-refractivity contribution in [2.45, 2.75) is 37.6 Å². The predicted molar refractivity (Wildman–Crippen MR) is 79.1 cm³/mol. The molecule has 0 heterocycles. The molecule has 0 aliphatic carbocycles. The van der Waals surface area contributed by atoms with E-state index in [1.807, 2.05) is 6.07 Å². The van der Waals surface area contributed by atoms with Gasteiger partial charge in [-0.1, -0.05) is 25.4 Å². The molecule has 0 unspecified atom stereocenters. The van der Waals surface area contributed by atoms with Crippen LogP contribution in [0.25, 0.3) is 0 Å². The van der Waals surface area contributed by atoms with E-state index in [0.717, 1.165) is 17.7 Å². The zero-order chi connectivity index (χ0) is 13.5. The van der Waals surface area contributed by atoms with Crippen LogP contribution < -0.4 is 11.1 Å². The fraction of sp³-hybridized carbons (Fsp3) is 0.462. The van der Waals surface area contributed by atoms with Crippen molar-refractivity contribution in [2.24, 2.45) is 0 Å². The van der Waals surface area contributed by atoms with Gasteiger partial charge in [-0.2, -0.15) is 0 Å². The molecule has 18 heavy (non-hydrogen) atoms. The van der Waals surface area contributed by atoms with E-state index in [4.69, 9.17) is 17.3 Å². The number of rotatable bonds is 6. The van der Waals surface area contributed by atoms with E-state index in [-0.39, 0.29) is 11.9 Å². The lowest BCUT2D eigenvalue weighted by Crippen LogP contribution is -2.34. The molecule has 0 saturated heterocycles. The smallest absolute Gasteiger partial charge is 0.230 e. The highest BCUT2D eigenvalue weighted by atomic mass is 35.5. The Balaban J connectivity index is 2.47. The molecule has 100 valence electrons. The average molecular weight is 287 g/mol. The summed E-state index contributed by atoms with van der Waals surface area (Å²) in [7, 11) is 0. The Hall–Kier alpha value is -0.870. The third-order valence-electron chi connectivity index (χ3n) is 2.67. The summed E-state index contributed by atoms with van der Waals surface area (Å²) < 4.78 is 0. The van der Waals surface area contributed by atoms with Crippen LogP contribution in [0.4, 0.5) is 5.69 Å². The van der Waals surface area contributed by atoms with Gasteiger partial charge in [0.1, 0.15) is 0 Å². The average Bonchev–Trinajstić information content (AvgIpc) is 2.35. The lowest BCUT2D eigenvalue weighted by molar-refractivity contribution is -0.119. The monoisotopic (exact) mass is 286 g/mol. The van der Waals surface area contributed by atoms with Crippen molar-refractivity contribution in [1.29, 1.82) is 0 Å². The van der Waals surface area contributed by atoms with Crippen molar-refractivity contribution < 1.29 is 4.79 Å². The molecule has 0 bridgehead atoms. The Labute approximate surface area is 117 Å². The molecule has 1 aromatic rings. The van der Waals surface area contributed by atoms with Gasteiger partial charge in [0.25, 0.3) is 0 Å². The molecule has 0 fully saturated rings. The van der Waals surface area contributed by atoms with Crippen molar-refractivity contribution in [2.75, 3.05) is 11.5 Å². The van der Waals surface area contributed by atoms with Crippen LogP contribution in [-0.4, -0.2) is 17.7 Å². The van der Waals surface area contributed by atoms with Gasteiger partial charge in [-0.05, 0) is 31.0 Å². The first-order valence-corrected chi connectivity index (χ1v) is 7.40. The minimum absolute atomic E-state index is 0.0431. The molecule has 0 aliphatic heterocycles. The van der Waals surface area contributed by atoms with E-state index in [1.165, 1.54) is 11.8 Å². The maximum atomic E-state index is 11.7. The first kappa shape index (κ1) is 15.2. The van der Waals surface area contributed by atoms with Gasteiger partial charge in [0.2, 0.25) is 5.91 Å². The van der Waals surface area contributed by atoms with Crippen molar-refractivity contribution >= 4 is 35.0 Å². The van der Waals surface area contributed by atoms with Crippen molar-refractivity contribution in [3.8, 4) is 0 Å². The van der Waals surface area contributed by atoms with Crippen molar-refractivity contribution in [3.05, 3.63) is 23.2 Å². The summed E-state index contributed by atoms with van der Waals surface area (Å²) in [5.41, 5.74) is 6.24. The van der Waals surface area contributed by atoms with E-state index in [9.17, 15) is 4.79 Å². The van der Waals surface area contributed by atoms with Gasteiger partial charge in [0.15, 0.2) is 0 Å². The highest BCUT2D eigenvalue weighted by Crippen LogP contribution is 2.28. The second kappa shape index (κ2) is 7.54.